The lowest BCUT2D eigenvalue weighted by Gasteiger charge is -2.22. The molecule has 1 amide bonds. The quantitative estimate of drug-likeness (QED) is 0.839. The van der Waals surface area contributed by atoms with E-state index in [0.717, 1.165) is 4.31 Å². The van der Waals surface area contributed by atoms with E-state index < -0.39 is 10.0 Å². The first-order valence-electron chi connectivity index (χ1n) is 7.94. The smallest absolute Gasteiger partial charge is 0.246 e. The molecule has 134 valence electrons. The lowest BCUT2D eigenvalue weighted by Crippen LogP contribution is -2.28. The molecule has 0 unspecified atom stereocenters. The zero-order chi connectivity index (χ0) is 17.7. The van der Waals surface area contributed by atoms with Crippen molar-refractivity contribution < 1.29 is 22.7 Å². The van der Waals surface area contributed by atoms with Gasteiger partial charge in [0.15, 0.2) is 0 Å². The average Bonchev–Trinajstić information content (AvgIpc) is 2.57. The molecule has 0 saturated carbocycles. The summed E-state index contributed by atoms with van der Waals surface area (Å²) >= 11 is 0. The molecule has 0 aromatic heterocycles. The molecule has 24 heavy (non-hydrogen) atoms. The van der Waals surface area contributed by atoms with Crippen molar-refractivity contribution in [2.24, 2.45) is 5.92 Å². The number of carbonyl (C=O) groups excluding carboxylic acids is 1. The van der Waals surface area contributed by atoms with Crippen molar-refractivity contribution in [1.29, 1.82) is 0 Å². The maximum atomic E-state index is 12.5. The van der Waals surface area contributed by atoms with Crippen molar-refractivity contribution in [3.63, 3.8) is 0 Å². The van der Waals surface area contributed by atoms with Crippen LogP contribution in [0.4, 0.5) is 5.69 Å². The van der Waals surface area contributed by atoms with Crippen LogP contribution < -0.4 is 10.1 Å². The highest BCUT2D eigenvalue weighted by Crippen LogP contribution is 2.29. The van der Waals surface area contributed by atoms with E-state index in [1.165, 1.54) is 20.2 Å². The van der Waals surface area contributed by atoms with Gasteiger partial charge in [0.25, 0.3) is 0 Å². The van der Waals surface area contributed by atoms with Gasteiger partial charge in [0, 0.05) is 38.9 Å². The summed E-state index contributed by atoms with van der Waals surface area (Å²) in [4.78, 5) is 12.4. The molecular weight excluding hydrogens is 332 g/mol. The highest BCUT2D eigenvalue weighted by molar-refractivity contribution is 7.89. The number of nitrogens with zero attached hydrogens (tertiary/aromatic N) is 1. The highest BCUT2D eigenvalue weighted by atomic mass is 32.2. The monoisotopic (exact) mass is 356 g/mol. The van der Waals surface area contributed by atoms with Crippen LogP contribution in [0.2, 0.25) is 0 Å². The van der Waals surface area contributed by atoms with E-state index in [0.29, 0.717) is 38.3 Å². The van der Waals surface area contributed by atoms with E-state index >= 15 is 0 Å². The largest absolute Gasteiger partial charge is 0.492 e. The predicted molar refractivity (Wildman–Crippen MR) is 90.7 cm³/mol. The topological polar surface area (TPSA) is 84.9 Å². The number of anilines is 1. The van der Waals surface area contributed by atoms with Gasteiger partial charge in [0.05, 0.1) is 6.61 Å². The SMILES string of the molecule is CCOc1ccc(NC(=O)C2CCOCC2)cc1S(=O)(=O)N(C)C. The van der Waals surface area contributed by atoms with Crippen molar-refractivity contribution in [1.82, 2.24) is 4.31 Å². The van der Waals surface area contributed by atoms with Gasteiger partial charge in [-0.2, -0.15) is 0 Å². The fourth-order valence-corrected chi connectivity index (χ4v) is 3.51. The number of hydrogen-bond donors (Lipinski definition) is 1. The Morgan fingerprint density at radius 2 is 2.00 bits per heavy atom. The minimum Gasteiger partial charge on any atom is -0.492 e. The summed E-state index contributed by atoms with van der Waals surface area (Å²) in [6.07, 6.45) is 1.34. The number of amides is 1. The second-order valence-corrected chi connectivity index (χ2v) is 7.88. The van der Waals surface area contributed by atoms with Crippen molar-refractivity contribution >= 4 is 21.6 Å². The summed E-state index contributed by atoms with van der Waals surface area (Å²) in [7, 11) is -0.762. The average molecular weight is 356 g/mol. The molecule has 1 aromatic rings. The molecule has 1 heterocycles. The van der Waals surface area contributed by atoms with Crippen LogP contribution >= 0.6 is 0 Å². The first-order chi connectivity index (χ1) is 11.4. The van der Waals surface area contributed by atoms with Crippen LogP contribution in [0.1, 0.15) is 19.8 Å². The highest BCUT2D eigenvalue weighted by Gasteiger charge is 2.25. The van der Waals surface area contributed by atoms with Crippen LogP contribution in [0, 0.1) is 5.92 Å². The molecule has 1 fully saturated rings. The van der Waals surface area contributed by atoms with Gasteiger partial charge in [0.2, 0.25) is 15.9 Å². The minimum absolute atomic E-state index is 0.0409. The fourth-order valence-electron chi connectivity index (χ4n) is 2.46. The van der Waals surface area contributed by atoms with Gasteiger partial charge in [-0.25, -0.2) is 12.7 Å². The molecule has 1 aromatic carbocycles. The Kier molecular flexibility index (Phi) is 6.20. The molecule has 0 aliphatic carbocycles. The summed E-state index contributed by atoms with van der Waals surface area (Å²) in [6, 6.07) is 4.66. The molecule has 2 rings (SSSR count). The van der Waals surface area contributed by atoms with Gasteiger partial charge in [-0.15, -0.1) is 0 Å². The maximum absolute atomic E-state index is 12.5. The zero-order valence-corrected chi connectivity index (χ0v) is 15.1. The second kappa shape index (κ2) is 7.96. The van der Waals surface area contributed by atoms with E-state index in [9.17, 15) is 13.2 Å². The Balaban J connectivity index is 2.27. The summed E-state index contributed by atoms with van der Waals surface area (Å²) < 4.78 is 36.8. The van der Waals surface area contributed by atoms with Crippen LogP contribution in [-0.4, -0.2) is 52.5 Å². The van der Waals surface area contributed by atoms with Gasteiger partial charge in [-0.1, -0.05) is 0 Å². The standard InChI is InChI=1S/C16H24N2O5S/c1-4-23-14-6-5-13(11-15(14)24(20,21)18(2)3)17-16(19)12-7-9-22-10-8-12/h5-6,11-12H,4,7-10H2,1-3H3,(H,17,19). The van der Waals surface area contributed by atoms with E-state index in [1.807, 2.05) is 0 Å². The normalized spacial score (nSPS) is 16.2. The molecular formula is C16H24N2O5S. The second-order valence-electron chi connectivity index (χ2n) is 5.76. The number of rotatable bonds is 6. The van der Waals surface area contributed by atoms with Crippen LogP contribution in [0.25, 0.3) is 0 Å². The van der Waals surface area contributed by atoms with Gasteiger partial charge < -0.3 is 14.8 Å². The molecule has 1 aliphatic rings. The summed E-state index contributed by atoms with van der Waals surface area (Å²) in [5.74, 6) is 0.0464. The molecule has 1 N–H and O–H groups in total. The number of benzene rings is 1. The summed E-state index contributed by atoms with van der Waals surface area (Å²) in [5, 5.41) is 2.80. The molecule has 0 bridgehead atoms. The molecule has 1 saturated heterocycles. The van der Waals surface area contributed by atoms with Gasteiger partial charge >= 0.3 is 0 Å². The Bertz CT molecular complexity index is 682. The van der Waals surface area contributed by atoms with E-state index in [2.05, 4.69) is 5.32 Å². The lowest BCUT2D eigenvalue weighted by atomic mass is 9.99. The Labute approximate surface area is 143 Å². The van der Waals surface area contributed by atoms with Gasteiger partial charge in [-0.3, -0.25) is 4.79 Å². The molecule has 0 radical (unpaired) electrons. The number of hydrogen-bond acceptors (Lipinski definition) is 5. The van der Waals surface area contributed by atoms with Crippen LogP contribution in [0.15, 0.2) is 23.1 Å². The Hall–Kier alpha value is -1.64. The van der Waals surface area contributed by atoms with Crippen LogP contribution in [-0.2, 0) is 19.6 Å². The van der Waals surface area contributed by atoms with Crippen molar-refractivity contribution in [3.05, 3.63) is 18.2 Å². The number of carbonyl (C=O) groups is 1. The predicted octanol–water partition coefficient (Wildman–Crippen LogP) is 1.70. The van der Waals surface area contributed by atoms with E-state index in [1.54, 1.807) is 19.1 Å². The Morgan fingerprint density at radius 3 is 2.58 bits per heavy atom. The Morgan fingerprint density at radius 1 is 1.33 bits per heavy atom. The third-order valence-electron chi connectivity index (χ3n) is 3.86. The first-order valence-corrected chi connectivity index (χ1v) is 9.38. The van der Waals surface area contributed by atoms with Crippen LogP contribution in [0.3, 0.4) is 0 Å². The minimum atomic E-state index is -3.68. The molecule has 0 atom stereocenters. The zero-order valence-electron chi connectivity index (χ0n) is 14.2. The van der Waals surface area contributed by atoms with E-state index in [4.69, 9.17) is 9.47 Å². The summed E-state index contributed by atoms with van der Waals surface area (Å²) in [5.41, 5.74) is 0.440. The van der Waals surface area contributed by atoms with Gasteiger partial charge in [0.1, 0.15) is 10.6 Å². The maximum Gasteiger partial charge on any atom is 0.246 e. The van der Waals surface area contributed by atoms with Crippen molar-refractivity contribution in [2.75, 3.05) is 39.2 Å². The third-order valence-corrected chi connectivity index (χ3v) is 5.70. The van der Waals surface area contributed by atoms with Crippen molar-refractivity contribution in [3.8, 4) is 5.75 Å². The van der Waals surface area contributed by atoms with Gasteiger partial charge in [-0.05, 0) is 38.0 Å². The number of sulfonamides is 1. The fraction of sp³-hybridized carbons (Fsp3) is 0.562. The lowest BCUT2D eigenvalue weighted by molar-refractivity contribution is -0.122. The first kappa shape index (κ1) is 18.7. The van der Waals surface area contributed by atoms with E-state index in [-0.39, 0.29) is 22.5 Å². The molecule has 7 nitrogen and oxygen atoms in total. The number of ether oxygens (including phenoxy) is 2. The molecule has 8 heteroatoms. The third kappa shape index (κ3) is 4.25. The van der Waals surface area contributed by atoms with Crippen molar-refractivity contribution in [2.45, 2.75) is 24.7 Å². The summed E-state index contributed by atoms with van der Waals surface area (Å²) in [6.45, 7) is 3.28. The molecule has 0 spiro atoms. The number of nitrogens with one attached hydrogen (secondary N) is 1. The molecule has 1 aliphatic heterocycles. The van der Waals surface area contributed by atoms with Crippen LogP contribution in [0.5, 0.6) is 5.75 Å².